The Morgan fingerprint density at radius 1 is 0.971 bits per heavy atom. The number of alkyl halides is 6. The van der Waals surface area contributed by atoms with Crippen molar-refractivity contribution in [3.8, 4) is 0 Å². The van der Waals surface area contributed by atoms with Gasteiger partial charge in [0.05, 0.1) is 0 Å². The predicted octanol–water partition coefficient (Wildman–Crippen LogP) is 6.60. The molecule has 1 aliphatic heterocycles. The van der Waals surface area contributed by atoms with E-state index in [-0.39, 0.29) is 19.4 Å². The van der Waals surface area contributed by atoms with Crippen LogP contribution in [0.3, 0.4) is 0 Å². The minimum Gasteiger partial charge on any atom is -0.361 e. The first kappa shape index (κ1) is 27.4. The molecule has 1 aromatic carbocycles. The molecule has 1 unspecified atom stereocenters. The molecule has 3 rings (SSSR count). The third-order valence-electron chi connectivity index (χ3n) is 7.42. The van der Waals surface area contributed by atoms with Gasteiger partial charge in [0, 0.05) is 36.5 Å². The van der Waals surface area contributed by atoms with Crippen LogP contribution in [0.5, 0.6) is 0 Å². The molecule has 194 valence electrons. The first-order valence-electron chi connectivity index (χ1n) is 11.2. The average molecular weight is 507 g/mol. The molecule has 1 aromatic heterocycles. The van der Waals surface area contributed by atoms with Crippen LogP contribution >= 0.6 is 0 Å². The Hall–Kier alpha value is -2.20. The second kappa shape index (κ2) is 9.35. The van der Waals surface area contributed by atoms with Crippen molar-refractivity contribution in [1.29, 1.82) is 0 Å². The minimum atomic E-state index is -5.71. The molecule has 0 radical (unpaired) electrons. The lowest BCUT2D eigenvalue weighted by atomic mass is 9.66. The van der Waals surface area contributed by atoms with E-state index in [2.05, 4.69) is 9.72 Å². The van der Waals surface area contributed by atoms with Crippen LogP contribution in [0.4, 0.5) is 30.7 Å². The number of likely N-dealkylation sites (tertiary alicyclic amines) is 1. The molecule has 3 nitrogen and oxygen atoms in total. The number of hydrogen-bond donors (Lipinski definition) is 0. The van der Waals surface area contributed by atoms with Crippen molar-refractivity contribution in [1.82, 2.24) is 9.88 Å². The molecule has 1 fully saturated rings. The van der Waals surface area contributed by atoms with Gasteiger partial charge in [-0.15, -0.1) is 0 Å². The van der Waals surface area contributed by atoms with Crippen LogP contribution in [-0.4, -0.2) is 48.0 Å². The Morgan fingerprint density at radius 3 is 2.06 bits per heavy atom. The van der Waals surface area contributed by atoms with Gasteiger partial charge in [-0.25, -0.2) is 4.39 Å². The van der Waals surface area contributed by atoms with E-state index in [4.69, 9.17) is 0 Å². The zero-order valence-corrected chi connectivity index (χ0v) is 20.0. The van der Waals surface area contributed by atoms with Crippen molar-refractivity contribution in [3.05, 3.63) is 65.2 Å². The molecule has 0 amide bonds. The maximum absolute atomic E-state index is 14.4. The van der Waals surface area contributed by atoms with Gasteiger partial charge in [0.15, 0.2) is 0 Å². The smallest absolute Gasteiger partial charge is 0.361 e. The molecule has 35 heavy (non-hydrogen) atoms. The highest BCUT2D eigenvalue weighted by Gasteiger charge is 2.81. The fraction of sp³-hybridized carbons (Fsp3) is 0.560. The number of aromatic nitrogens is 1. The first-order valence-corrected chi connectivity index (χ1v) is 11.2. The van der Waals surface area contributed by atoms with E-state index < -0.39 is 47.7 Å². The highest BCUT2D eigenvalue weighted by Crippen LogP contribution is 2.61. The number of rotatable bonds is 7. The van der Waals surface area contributed by atoms with Gasteiger partial charge >= 0.3 is 12.4 Å². The summed E-state index contributed by atoms with van der Waals surface area (Å²) in [5, 5.41) is 0. The molecule has 0 saturated carbocycles. The quantitative estimate of drug-likeness (QED) is 0.396. The van der Waals surface area contributed by atoms with E-state index in [1.165, 1.54) is 12.1 Å². The summed E-state index contributed by atoms with van der Waals surface area (Å²) in [6, 6.07) is 8.53. The Kier molecular flexibility index (Phi) is 7.32. The molecule has 1 aliphatic rings. The fourth-order valence-electron chi connectivity index (χ4n) is 5.27. The summed E-state index contributed by atoms with van der Waals surface area (Å²) in [6.07, 6.45) is -10.8. The SMILES string of the molecule is COC(C(F)(F)F)(C(F)(F)F)C1(CCc2ccc(F)cc2)CCN(C(C)(C)c2ccc(C)nc2)C1. The third-order valence-corrected chi connectivity index (χ3v) is 7.42. The number of pyridine rings is 1. The van der Waals surface area contributed by atoms with Gasteiger partial charge in [0.2, 0.25) is 0 Å². The van der Waals surface area contributed by atoms with Crippen LogP contribution in [0, 0.1) is 18.2 Å². The molecular weight excluding hydrogens is 477 g/mol. The highest BCUT2D eigenvalue weighted by molar-refractivity contribution is 5.24. The molecule has 0 bridgehead atoms. The molecule has 0 N–H and O–H groups in total. The first-order chi connectivity index (χ1) is 16.1. The molecule has 2 aromatic rings. The maximum atomic E-state index is 14.4. The lowest BCUT2D eigenvalue weighted by Crippen LogP contribution is -2.69. The Balaban J connectivity index is 2.08. The predicted molar refractivity (Wildman–Crippen MR) is 117 cm³/mol. The lowest BCUT2D eigenvalue weighted by molar-refractivity contribution is -0.409. The summed E-state index contributed by atoms with van der Waals surface area (Å²) in [5.74, 6) is -0.541. The largest absolute Gasteiger partial charge is 0.427 e. The molecular formula is C25H29F7N2O. The van der Waals surface area contributed by atoms with Crippen LogP contribution in [-0.2, 0) is 16.7 Å². The molecule has 10 heteroatoms. The minimum absolute atomic E-state index is 0.00155. The van der Waals surface area contributed by atoms with Crippen LogP contribution in [0.2, 0.25) is 0 Å². The summed E-state index contributed by atoms with van der Waals surface area (Å²) in [4.78, 5) is 5.87. The van der Waals surface area contributed by atoms with Gasteiger partial charge in [-0.05, 0) is 75.9 Å². The maximum Gasteiger partial charge on any atom is 0.427 e. The number of aryl methyl sites for hydroxylation is 2. The van der Waals surface area contributed by atoms with Crippen molar-refractivity contribution in [2.24, 2.45) is 5.41 Å². The Labute approximate surface area is 200 Å². The van der Waals surface area contributed by atoms with E-state index in [0.717, 1.165) is 17.8 Å². The third kappa shape index (κ3) is 4.79. The van der Waals surface area contributed by atoms with Crippen molar-refractivity contribution < 1.29 is 35.5 Å². The van der Waals surface area contributed by atoms with Crippen LogP contribution in [0.1, 0.15) is 43.5 Å². The molecule has 0 spiro atoms. The van der Waals surface area contributed by atoms with Gasteiger partial charge in [0.1, 0.15) is 5.82 Å². The monoisotopic (exact) mass is 506 g/mol. The van der Waals surface area contributed by atoms with E-state index in [0.29, 0.717) is 18.2 Å². The van der Waals surface area contributed by atoms with Crippen molar-refractivity contribution in [2.75, 3.05) is 20.2 Å². The van der Waals surface area contributed by atoms with Gasteiger partial charge in [0.25, 0.3) is 5.60 Å². The fourth-order valence-corrected chi connectivity index (χ4v) is 5.27. The lowest BCUT2D eigenvalue weighted by Gasteiger charge is -2.49. The highest BCUT2D eigenvalue weighted by atomic mass is 19.4. The average Bonchev–Trinajstić information content (AvgIpc) is 3.19. The summed E-state index contributed by atoms with van der Waals surface area (Å²) < 4.78 is 104. The number of ether oxygens (including phenoxy) is 1. The number of methoxy groups -OCH3 is 1. The standard InChI is InChI=1S/C25H29F7N2O/c1-17-5-8-19(15-33-17)21(2,3)34-14-13-22(16-34,12-11-18-6-9-20(26)10-7-18)23(35-4,24(27,28)29)25(30,31)32/h5-10,15H,11-14,16H2,1-4H3. The zero-order chi connectivity index (χ0) is 26.3. The normalized spacial score (nSPS) is 20.4. The molecule has 1 saturated heterocycles. The number of halogens is 7. The number of hydrogen-bond acceptors (Lipinski definition) is 3. The molecule has 1 atom stereocenters. The van der Waals surface area contributed by atoms with E-state index in [9.17, 15) is 30.7 Å². The van der Waals surface area contributed by atoms with Crippen molar-refractivity contribution in [2.45, 2.75) is 63.5 Å². The summed E-state index contributed by atoms with van der Waals surface area (Å²) in [5.41, 5.74) is -5.72. The second-order valence-corrected chi connectivity index (χ2v) is 9.71. The summed E-state index contributed by atoms with van der Waals surface area (Å²) >= 11 is 0. The molecule has 2 heterocycles. The van der Waals surface area contributed by atoms with E-state index in [1.54, 1.807) is 44.0 Å². The second-order valence-electron chi connectivity index (χ2n) is 9.71. The van der Waals surface area contributed by atoms with Crippen LogP contribution < -0.4 is 0 Å². The van der Waals surface area contributed by atoms with Crippen molar-refractivity contribution in [3.63, 3.8) is 0 Å². The van der Waals surface area contributed by atoms with Crippen LogP contribution in [0.15, 0.2) is 42.6 Å². The van der Waals surface area contributed by atoms with Gasteiger partial charge < -0.3 is 4.74 Å². The zero-order valence-electron chi connectivity index (χ0n) is 20.0. The summed E-state index contributed by atoms with van der Waals surface area (Å²) in [7, 11) is 0.471. The van der Waals surface area contributed by atoms with Crippen molar-refractivity contribution >= 4 is 0 Å². The molecule has 0 aliphatic carbocycles. The van der Waals surface area contributed by atoms with Crippen LogP contribution in [0.25, 0.3) is 0 Å². The topological polar surface area (TPSA) is 25.4 Å². The summed E-state index contributed by atoms with van der Waals surface area (Å²) in [6.45, 7) is 4.80. The van der Waals surface area contributed by atoms with Gasteiger partial charge in [-0.2, -0.15) is 26.3 Å². The van der Waals surface area contributed by atoms with Gasteiger partial charge in [-0.1, -0.05) is 18.2 Å². The number of nitrogens with zero attached hydrogens (tertiary/aromatic N) is 2. The Bertz CT molecular complexity index is 986. The van der Waals surface area contributed by atoms with E-state index in [1.807, 2.05) is 0 Å². The Morgan fingerprint density at radius 2 is 1.57 bits per heavy atom. The van der Waals surface area contributed by atoms with E-state index >= 15 is 0 Å². The number of benzene rings is 1. The van der Waals surface area contributed by atoms with Gasteiger partial charge in [-0.3, -0.25) is 9.88 Å².